The summed E-state index contributed by atoms with van der Waals surface area (Å²) in [5.41, 5.74) is 0. The molecular weight excluding hydrogens is 150 g/mol. The first-order valence-electron chi connectivity index (χ1n) is 5.19. The Bertz CT molecular complexity index is 144. The van der Waals surface area contributed by atoms with Gasteiger partial charge in [0.1, 0.15) is 6.23 Å². The summed E-state index contributed by atoms with van der Waals surface area (Å²) in [4.78, 5) is 0. The summed E-state index contributed by atoms with van der Waals surface area (Å²) in [6.45, 7) is 4.43. The third-order valence-corrected chi connectivity index (χ3v) is 3.01. The largest absolute Gasteiger partial charge is 0.358 e. The molecule has 1 heterocycles. The maximum absolute atomic E-state index is 5.92. The molecule has 2 nitrogen and oxygen atoms in total. The van der Waals surface area contributed by atoms with Crippen molar-refractivity contribution < 1.29 is 4.74 Å². The fraction of sp³-hybridized carbons (Fsp3) is 1.00. The van der Waals surface area contributed by atoms with Crippen molar-refractivity contribution in [2.75, 3.05) is 0 Å². The van der Waals surface area contributed by atoms with Crippen LogP contribution in [0, 0.1) is 5.92 Å². The van der Waals surface area contributed by atoms with E-state index in [0.29, 0.717) is 24.3 Å². The van der Waals surface area contributed by atoms with Crippen LogP contribution in [0.25, 0.3) is 0 Å². The van der Waals surface area contributed by atoms with Gasteiger partial charge in [-0.15, -0.1) is 0 Å². The van der Waals surface area contributed by atoms with Gasteiger partial charge in [0.05, 0.1) is 6.10 Å². The minimum absolute atomic E-state index is 0.318. The molecule has 1 N–H and O–H groups in total. The lowest BCUT2D eigenvalue weighted by atomic mass is 9.93. The molecule has 0 radical (unpaired) electrons. The van der Waals surface area contributed by atoms with E-state index in [1.165, 1.54) is 25.7 Å². The van der Waals surface area contributed by atoms with Crippen molar-refractivity contribution in [2.24, 2.45) is 5.92 Å². The fourth-order valence-corrected chi connectivity index (χ4v) is 2.24. The number of hydrogen-bond donors (Lipinski definition) is 1. The lowest BCUT2D eigenvalue weighted by molar-refractivity contribution is 0.00238. The lowest BCUT2D eigenvalue weighted by Crippen LogP contribution is -2.36. The second-order valence-electron chi connectivity index (χ2n) is 4.40. The molecule has 2 heteroatoms. The van der Waals surface area contributed by atoms with Crippen molar-refractivity contribution in [1.82, 2.24) is 5.32 Å². The van der Waals surface area contributed by atoms with Crippen LogP contribution in [0.15, 0.2) is 0 Å². The highest BCUT2D eigenvalue weighted by atomic mass is 16.5. The number of rotatable bonds is 1. The first-order chi connectivity index (χ1) is 5.77. The summed E-state index contributed by atoms with van der Waals surface area (Å²) < 4.78 is 5.92. The SMILES string of the molecule is CC(C)C1NC2CCCCC2O1. The zero-order chi connectivity index (χ0) is 8.55. The molecule has 0 amide bonds. The number of ether oxygens (including phenoxy) is 1. The van der Waals surface area contributed by atoms with E-state index in [9.17, 15) is 0 Å². The van der Waals surface area contributed by atoms with Gasteiger partial charge >= 0.3 is 0 Å². The van der Waals surface area contributed by atoms with Gasteiger partial charge in [0.15, 0.2) is 0 Å². The van der Waals surface area contributed by atoms with Gasteiger partial charge in [-0.3, -0.25) is 5.32 Å². The highest BCUT2D eigenvalue weighted by molar-refractivity contribution is 4.89. The fourth-order valence-electron chi connectivity index (χ4n) is 2.24. The van der Waals surface area contributed by atoms with Crippen LogP contribution < -0.4 is 5.32 Å². The summed E-state index contributed by atoms with van der Waals surface area (Å²) >= 11 is 0. The van der Waals surface area contributed by atoms with Gasteiger partial charge < -0.3 is 4.74 Å². The average Bonchev–Trinajstić information content (AvgIpc) is 2.46. The van der Waals surface area contributed by atoms with E-state index in [0.717, 1.165) is 0 Å². The zero-order valence-corrected chi connectivity index (χ0v) is 8.05. The van der Waals surface area contributed by atoms with Crippen LogP contribution in [0.3, 0.4) is 0 Å². The summed E-state index contributed by atoms with van der Waals surface area (Å²) in [6, 6.07) is 0.658. The van der Waals surface area contributed by atoms with Gasteiger partial charge in [-0.25, -0.2) is 0 Å². The van der Waals surface area contributed by atoms with E-state index < -0.39 is 0 Å². The van der Waals surface area contributed by atoms with Gasteiger partial charge in [-0.05, 0) is 18.8 Å². The van der Waals surface area contributed by atoms with Crippen molar-refractivity contribution in [2.45, 2.75) is 57.9 Å². The Kier molecular flexibility index (Phi) is 2.37. The van der Waals surface area contributed by atoms with Gasteiger partial charge in [-0.1, -0.05) is 26.7 Å². The predicted octanol–water partition coefficient (Wildman–Crippen LogP) is 1.90. The summed E-state index contributed by atoms with van der Waals surface area (Å²) in [5, 5.41) is 3.57. The van der Waals surface area contributed by atoms with E-state index in [4.69, 9.17) is 4.74 Å². The van der Waals surface area contributed by atoms with Gasteiger partial charge in [-0.2, -0.15) is 0 Å². The summed E-state index contributed by atoms with van der Waals surface area (Å²) in [6.07, 6.45) is 6.15. The molecule has 70 valence electrons. The van der Waals surface area contributed by atoms with Crippen LogP contribution in [0.1, 0.15) is 39.5 Å². The Morgan fingerprint density at radius 3 is 2.67 bits per heavy atom. The topological polar surface area (TPSA) is 21.3 Å². The Morgan fingerprint density at radius 1 is 1.25 bits per heavy atom. The van der Waals surface area contributed by atoms with E-state index in [-0.39, 0.29) is 0 Å². The number of hydrogen-bond acceptors (Lipinski definition) is 2. The molecule has 3 unspecified atom stereocenters. The Labute approximate surface area is 74.7 Å². The number of nitrogens with one attached hydrogen (secondary N) is 1. The first kappa shape index (κ1) is 8.52. The van der Waals surface area contributed by atoms with E-state index >= 15 is 0 Å². The second kappa shape index (κ2) is 3.35. The monoisotopic (exact) mass is 169 g/mol. The molecule has 1 saturated carbocycles. The van der Waals surface area contributed by atoms with Crippen molar-refractivity contribution in [3.63, 3.8) is 0 Å². The smallest absolute Gasteiger partial charge is 0.111 e. The van der Waals surface area contributed by atoms with Crippen molar-refractivity contribution in [3.05, 3.63) is 0 Å². The summed E-state index contributed by atoms with van der Waals surface area (Å²) in [5.74, 6) is 0.607. The van der Waals surface area contributed by atoms with E-state index in [1.807, 2.05) is 0 Å². The third-order valence-electron chi connectivity index (χ3n) is 3.01. The van der Waals surface area contributed by atoms with Crippen LogP contribution in [-0.2, 0) is 4.74 Å². The zero-order valence-electron chi connectivity index (χ0n) is 8.05. The predicted molar refractivity (Wildman–Crippen MR) is 48.9 cm³/mol. The molecule has 0 aromatic carbocycles. The first-order valence-corrected chi connectivity index (χ1v) is 5.19. The Hall–Kier alpha value is -0.0800. The van der Waals surface area contributed by atoms with Crippen LogP contribution in [0.2, 0.25) is 0 Å². The van der Waals surface area contributed by atoms with Gasteiger partial charge in [0, 0.05) is 6.04 Å². The normalized spacial score (nSPS) is 41.8. The van der Waals surface area contributed by atoms with Crippen molar-refractivity contribution in [1.29, 1.82) is 0 Å². The molecule has 1 aliphatic carbocycles. The molecular formula is C10H19NO. The molecule has 2 rings (SSSR count). The molecule has 2 fully saturated rings. The maximum atomic E-state index is 5.92. The molecule has 0 aromatic rings. The highest BCUT2D eigenvalue weighted by Gasteiger charge is 2.36. The minimum atomic E-state index is 0.318. The van der Waals surface area contributed by atoms with Crippen LogP contribution in [0.4, 0.5) is 0 Å². The molecule has 3 atom stereocenters. The third kappa shape index (κ3) is 1.50. The van der Waals surface area contributed by atoms with Crippen molar-refractivity contribution in [3.8, 4) is 0 Å². The van der Waals surface area contributed by atoms with Gasteiger partial charge in [0.25, 0.3) is 0 Å². The second-order valence-corrected chi connectivity index (χ2v) is 4.40. The average molecular weight is 169 g/mol. The minimum Gasteiger partial charge on any atom is -0.358 e. The van der Waals surface area contributed by atoms with Crippen LogP contribution in [-0.4, -0.2) is 18.4 Å². The van der Waals surface area contributed by atoms with Crippen LogP contribution in [0.5, 0.6) is 0 Å². The Morgan fingerprint density at radius 2 is 2.00 bits per heavy atom. The molecule has 0 spiro atoms. The Balaban J connectivity index is 1.94. The quantitative estimate of drug-likeness (QED) is 0.647. The summed E-state index contributed by atoms with van der Waals surface area (Å²) in [7, 11) is 0. The molecule has 0 bridgehead atoms. The van der Waals surface area contributed by atoms with Gasteiger partial charge in [0.2, 0.25) is 0 Å². The standard InChI is InChI=1S/C10H19NO/c1-7(2)10-11-8-5-3-4-6-9(8)12-10/h7-11H,3-6H2,1-2H3. The lowest BCUT2D eigenvalue weighted by Gasteiger charge is -2.22. The molecule has 1 aliphatic heterocycles. The van der Waals surface area contributed by atoms with Crippen molar-refractivity contribution >= 4 is 0 Å². The molecule has 2 aliphatic rings. The van der Waals surface area contributed by atoms with E-state index in [2.05, 4.69) is 19.2 Å². The molecule has 12 heavy (non-hydrogen) atoms. The maximum Gasteiger partial charge on any atom is 0.111 e. The van der Waals surface area contributed by atoms with E-state index in [1.54, 1.807) is 0 Å². The molecule has 1 saturated heterocycles. The highest BCUT2D eigenvalue weighted by Crippen LogP contribution is 2.28. The van der Waals surface area contributed by atoms with Crippen LogP contribution >= 0.6 is 0 Å². The molecule has 0 aromatic heterocycles. The number of fused-ring (bicyclic) bond motifs is 1.